The van der Waals surface area contributed by atoms with E-state index in [2.05, 4.69) is 10.6 Å². The Kier molecular flexibility index (Phi) is 5.30. The number of benzene rings is 1. The van der Waals surface area contributed by atoms with E-state index in [0.717, 1.165) is 49.8 Å². The maximum Gasteiger partial charge on any atom is 0.245 e. The van der Waals surface area contributed by atoms with E-state index in [1.807, 2.05) is 31.2 Å². The van der Waals surface area contributed by atoms with E-state index in [1.165, 1.54) is 0 Å². The first-order valence-electron chi connectivity index (χ1n) is 9.34. The third kappa shape index (κ3) is 3.65. The molecule has 0 bridgehead atoms. The van der Waals surface area contributed by atoms with Crippen LogP contribution >= 0.6 is 0 Å². The Balaban J connectivity index is 1.70. The highest BCUT2D eigenvalue weighted by Crippen LogP contribution is 2.50. The molecule has 1 aromatic rings. The van der Waals surface area contributed by atoms with E-state index < -0.39 is 5.54 Å². The van der Waals surface area contributed by atoms with Gasteiger partial charge in [0.2, 0.25) is 11.8 Å². The van der Waals surface area contributed by atoms with Crippen LogP contribution in [0.1, 0.15) is 56.9 Å². The Morgan fingerprint density at radius 3 is 2.60 bits per heavy atom. The molecular formula is C20H28N2O3. The molecule has 0 radical (unpaired) electrons. The quantitative estimate of drug-likeness (QED) is 0.834. The first-order valence-corrected chi connectivity index (χ1v) is 9.34. The maximum atomic E-state index is 12.8. The smallest absolute Gasteiger partial charge is 0.245 e. The summed E-state index contributed by atoms with van der Waals surface area (Å²) >= 11 is 0. The Morgan fingerprint density at radius 2 is 1.92 bits per heavy atom. The van der Waals surface area contributed by atoms with Gasteiger partial charge >= 0.3 is 0 Å². The van der Waals surface area contributed by atoms with Crippen molar-refractivity contribution in [3.63, 3.8) is 0 Å². The van der Waals surface area contributed by atoms with Crippen LogP contribution in [0.2, 0.25) is 0 Å². The molecule has 25 heavy (non-hydrogen) atoms. The highest BCUT2D eigenvalue weighted by molar-refractivity contribution is 5.93. The molecular weight excluding hydrogens is 316 g/mol. The summed E-state index contributed by atoms with van der Waals surface area (Å²) in [5.41, 5.74) is 0.361. The molecule has 2 unspecified atom stereocenters. The van der Waals surface area contributed by atoms with Gasteiger partial charge in [0, 0.05) is 12.5 Å². The van der Waals surface area contributed by atoms with Crippen molar-refractivity contribution >= 4 is 11.8 Å². The van der Waals surface area contributed by atoms with Crippen LogP contribution in [0.25, 0.3) is 0 Å². The molecule has 2 N–H and O–H groups in total. The van der Waals surface area contributed by atoms with Gasteiger partial charge in [-0.05, 0) is 43.7 Å². The molecule has 2 saturated carbocycles. The van der Waals surface area contributed by atoms with Gasteiger partial charge in [0.05, 0.1) is 7.11 Å². The zero-order chi connectivity index (χ0) is 17.9. The largest absolute Gasteiger partial charge is 0.496 e. The summed E-state index contributed by atoms with van der Waals surface area (Å²) in [5.74, 6) is 0.927. The number of carbonyl (C=O) groups excluding carboxylic acids is 2. The summed E-state index contributed by atoms with van der Waals surface area (Å²) in [4.78, 5) is 25.4. The lowest BCUT2D eigenvalue weighted by molar-refractivity contribution is -0.135. The summed E-state index contributed by atoms with van der Waals surface area (Å²) in [6, 6.07) is 7.87. The Labute approximate surface area is 149 Å². The average Bonchev–Trinajstić information content (AvgIpc) is 3.43. The second-order valence-corrected chi connectivity index (χ2v) is 7.18. The van der Waals surface area contributed by atoms with Crippen molar-refractivity contribution in [1.82, 2.24) is 10.6 Å². The van der Waals surface area contributed by atoms with E-state index in [1.54, 1.807) is 7.11 Å². The number of nitrogens with one attached hydrogen (secondary N) is 2. The maximum absolute atomic E-state index is 12.8. The van der Waals surface area contributed by atoms with Crippen molar-refractivity contribution in [2.45, 2.75) is 56.9 Å². The van der Waals surface area contributed by atoms with Gasteiger partial charge in [-0.1, -0.05) is 37.5 Å². The van der Waals surface area contributed by atoms with Crippen LogP contribution in [-0.2, 0) is 9.59 Å². The van der Waals surface area contributed by atoms with E-state index in [0.29, 0.717) is 6.54 Å². The highest BCUT2D eigenvalue weighted by Gasteiger charge is 2.49. The summed E-state index contributed by atoms with van der Waals surface area (Å²) in [5, 5.41) is 6.03. The van der Waals surface area contributed by atoms with Crippen LogP contribution in [0, 0.1) is 5.92 Å². The number of rotatable bonds is 6. The van der Waals surface area contributed by atoms with Crippen molar-refractivity contribution in [1.29, 1.82) is 0 Å². The minimum absolute atomic E-state index is 0.00376. The van der Waals surface area contributed by atoms with Crippen molar-refractivity contribution < 1.29 is 14.3 Å². The first kappa shape index (κ1) is 17.8. The predicted molar refractivity (Wildman–Crippen MR) is 96.5 cm³/mol. The topological polar surface area (TPSA) is 67.4 Å². The molecule has 1 aromatic carbocycles. The average molecular weight is 344 g/mol. The van der Waals surface area contributed by atoms with Gasteiger partial charge in [0.25, 0.3) is 0 Å². The SMILES string of the molecule is CCNC(=O)C1(NC(=O)C2CC2c2ccccc2OC)CCCCC1. The van der Waals surface area contributed by atoms with Crippen LogP contribution in [0.3, 0.4) is 0 Å². The number of hydrogen-bond donors (Lipinski definition) is 2. The van der Waals surface area contributed by atoms with E-state index in [9.17, 15) is 9.59 Å². The number of likely N-dealkylation sites (N-methyl/N-ethyl adjacent to an activating group) is 1. The first-order chi connectivity index (χ1) is 12.1. The molecule has 5 heteroatoms. The molecule has 0 spiro atoms. The molecule has 5 nitrogen and oxygen atoms in total. The molecule has 2 atom stereocenters. The highest BCUT2D eigenvalue weighted by atomic mass is 16.5. The van der Waals surface area contributed by atoms with Crippen LogP contribution in [0.5, 0.6) is 5.75 Å². The minimum atomic E-state index is -0.723. The summed E-state index contributed by atoms with van der Waals surface area (Å²) < 4.78 is 5.42. The lowest BCUT2D eigenvalue weighted by Gasteiger charge is -2.36. The van der Waals surface area contributed by atoms with Gasteiger partial charge in [-0.2, -0.15) is 0 Å². The van der Waals surface area contributed by atoms with Gasteiger partial charge in [-0.25, -0.2) is 0 Å². The third-order valence-electron chi connectivity index (χ3n) is 5.51. The fourth-order valence-electron chi connectivity index (χ4n) is 4.02. The zero-order valence-electron chi connectivity index (χ0n) is 15.1. The van der Waals surface area contributed by atoms with Gasteiger partial charge in [-0.3, -0.25) is 9.59 Å². The van der Waals surface area contributed by atoms with Gasteiger partial charge < -0.3 is 15.4 Å². The van der Waals surface area contributed by atoms with Crippen molar-refractivity contribution in [2.75, 3.05) is 13.7 Å². The second-order valence-electron chi connectivity index (χ2n) is 7.18. The number of para-hydroxylation sites is 1. The Hall–Kier alpha value is -2.04. The minimum Gasteiger partial charge on any atom is -0.496 e. The lowest BCUT2D eigenvalue weighted by Crippen LogP contribution is -2.60. The van der Waals surface area contributed by atoms with Gasteiger partial charge in [0.15, 0.2) is 0 Å². The number of methoxy groups -OCH3 is 1. The number of ether oxygens (including phenoxy) is 1. The molecule has 0 heterocycles. The predicted octanol–water partition coefficient (Wildman–Crippen LogP) is 2.75. The Morgan fingerprint density at radius 1 is 1.20 bits per heavy atom. The van der Waals surface area contributed by atoms with Crippen molar-refractivity contribution in [2.24, 2.45) is 5.92 Å². The molecule has 2 aliphatic rings. The molecule has 0 saturated heterocycles. The van der Waals surface area contributed by atoms with Crippen LogP contribution in [0.4, 0.5) is 0 Å². The molecule has 0 aromatic heterocycles. The van der Waals surface area contributed by atoms with Crippen molar-refractivity contribution in [3.05, 3.63) is 29.8 Å². The fourth-order valence-corrected chi connectivity index (χ4v) is 4.02. The normalized spacial score (nSPS) is 24.2. The van der Waals surface area contributed by atoms with Crippen LogP contribution in [0.15, 0.2) is 24.3 Å². The molecule has 2 aliphatic carbocycles. The summed E-state index contributed by atoms with van der Waals surface area (Å²) in [6.07, 6.45) is 5.38. The van der Waals surface area contributed by atoms with Crippen LogP contribution in [-0.4, -0.2) is 31.0 Å². The monoisotopic (exact) mass is 344 g/mol. The third-order valence-corrected chi connectivity index (χ3v) is 5.51. The molecule has 136 valence electrons. The standard InChI is InChI=1S/C20H28N2O3/c1-3-21-19(24)20(11-7-4-8-12-20)22-18(23)16-13-15(16)14-9-5-6-10-17(14)25-2/h5-6,9-10,15-16H,3-4,7-8,11-13H2,1-2H3,(H,21,24)(H,22,23). The van der Waals surface area contributed by atoms with Crippen molar-refractivity contribution in [3.8, 4) is 5.75 Å². The molecule has 3 rings (SSSR count). The van der Waals surface area contributed by atoms with Gasteiger partial charge in [-0.15, -0.1) is 0 Å². The van der Waals surface area contributed by atoms with E-state index in [4.69, 9.17) is 4.74 Å². The number of carbonyl (C=O) groups is 2. The molecule has 2 fully saturated rings. The van der Waals surface area contributed by atoms with E-state index in [-0.39, 0.29) is 23.7 Å². The Bertz CT molecular complexity index is 638. The fraction of sp³-hybridized carbons (Fsp3) is 0.600. The summed E-state index contributed by atoms with van der Waals surface area (Å²) in [7, 11) is 1.66. The van der Waals surface area contributed by atoms with Gasteiger partial charge in [0.1, 0.15) is 11.3 Å². The molecule has 2 amide bonds. The van der Waals surface area contributed by atoms with E-state index >= 15 is 0 Å². The second kappa shape index (κ2) is 7.46. The number of amides is 2. The number of hydrogen-bond acceptors (Lipinski definition) is 3. The zero-order valence-corrected chi connectivity index (χ0v) is 15.1. The lowest BCUT2D eigenvalue weighted by atomic mass is 9.80. The summed E-state index contributed by atoms with van der Waals surface area (Å²) in [6.45, 7) is 2.50. The van der Waals surface area contributed by atoms with Crippen LogP contribution < -0.4 is 15.4 Å². The molecule has 0 aliphatic heterocycles.